The van der Waals surface area contributed by atoms with E-state index < -0.39 is 0 Å². The molecule has 2 saturated carbocycles. The van der Waals surface area contributed by atoms with E-state index in [0.717, 1.165) is 23.7 Å². The van der Waals surface area contributed by atoms with Crippen LogP contribution in [0.1, 0.15) is 41.6 Å². The molecule has 4 heteroatoms. The normalized spacial score (nSPS) is 24.3. The molecule has 2 fully saturated rings. The van der Waals surface area contributed by atoms with Crippen molar-refractivity contribution in [1.82, 2.24) is 5.32 Å². The molecule has 25 heavy (non-hydrogen) atoms. The van der Waals surface area contributed by atoms with Crippen molar-refractivity contribution >= 4 is 17.5 Å². The van der Waals surface area contributed by atoms with Crippen LogP contribution in [0, 0.1) is 11.8 Å². The van der Waals surface area contributed by atoms with Crippen LogP contribution in [0.5, 0.6) is 5.75 Å². The van der Waals surface area contributed by atoms with Crippen molar-refractivity contribution in [2.24, 2.45) is 11.8 Å². The molecule has 1 N–H and O–H groups in total. The smallest absolute Gasteiger partial charge is 0.251 e. The first kappa shape index (κ1) is 16.5. The molecule has 0 radical (unpaired) electrons. The Balaban J connectivity index is 1.33. The molecule has 4 rings (SSSR count). The first-order chi connectivity index (χ1) is 12.2. The zero-order valence-electron chi connectivity index (χ0n) is 14.1. The number of carbonyl (C=O) groups is 1. The van der Waals surface area contributed by atoms with E-state index >= 15 is 0 Å². The van der Waals surface area contributed by atoms with Crippen molar-refractivity contribution in [1.29, 1.82) is 0 Å². The number of fused-ring (bicyclic) bond motifs is 2. The van der Waals surface area contributed by atoms with Gasteiger partial charge in [-0.05, 0) is 61.4 Å². The third-order valence-corrected chi connectivity index (χ3v) is 5.89. The lowest BCUT2D eigenvalue weighted by molar-refractivity contribution is 0.0923. The van der Waals surface area contributed by atoms with Gasteiger partial charge in [0.25, 0.3) is 5.91 Å². The molecule has 2 aliphatic carbocycles. The Morgan fingerprint density at radius 3 is 2.56 bits per heavy atom. The average Bonchev–Trinajstić information content (AvgIpc) is 3.24. The molecule has 0 heterocycles. The lowest BCUT2D eigenvalue weighted by Crippen LogP contribution is -2.38. The van der Waals surface area contributed by atoms with Gasteiger partial charge in [-0.3, -0.25) is 4.79 Å². The minimum Gasteiger partial charge on any atom is -0.489 e. The molecule has 1 amide bonds. The molecule has 3 nitrogen and oxygen atoms in total. The molecule has 3 atom stereocenters. The van der Waals surface area contributed by atoms with E-state index in [4.69, 9.17) is 16.3 Å². The van der Waals surface area contributed by atoms with E-state index in [2.05, 4.69) is 5.32 Å². The van der Waals surface area contributed by atoms with Gasteiger partial charge < -0.3 is 10.1 Å². The van der Waals surface area contributed by atoms with Gasteiger partial charge in [-0.1, -0.05) is 36.2 Å². The quantitative estimate of drug-likeness (QED) is 0.833. The number of amides is 1. The van der Waals surface area contributed by atoms with Gasteiger partial charge in [0, 0.05) is 22.2 Å². The highest BCUT2D eigenvalue weighted by Gasteiger charge is 2.40. The number of nitrogens with one attached hydrogen (secondary N) is 1. The summed E-state index contributed by atoms with van der Waals surface area (Å²) < 4.78 is 5.77. The van der Waals surface area contributed by atoms with Crippen LogP contribution in [-0.2, 0) is 6.61 Å². The van der Waals surface area contributed by atoms with Crippen LogP contribution in [0.25, 0.3) is 0 Å². The van der Waals surface area contributed by atoms with Crippen LogP contribution < -0.4 is 10.1 Å². The predicted molar refractivity (Wildman–Crippen MR) is 98.9 cm³/mol. The fourth-order valence-electron chi connectivity index (χ4n) is 4.15. The van der Waals surface area contributed by atoms with Gasteiger partial charge in [-0.2, -0.15) is 0 Å². The van der Waals surface area contributed by atoms with E-state index in [1.807, 2.05) is 48.5 Å². The largest absolute Gasteiger partial charge is 0.489 e. The first-order valence-electron chi connectivity index (χ1n) is 8.96. The number of ether oxygens (including phenoxy) is 1. The number of halogens is 1. The SMILES string of the molecule is O=C(N[C@@H]1C[C@H]2CC[C@H]1C2)c1ccc(OCc2ccccc2Cl)cc1. The Kier molecular flexibility index (Phi) is 4.67. The van der Waals surface area contributed by atoms with Crippen molar-refractivity contribution in [2.45, 2.75) is 38.3 Å². The predicted octanol–water partition coefficient (Wildman–Crippen LogP) is 4.84. The molecular weight excluding hydrogens is 334 g/mol. The number of rotatable bonds is 5. The molecule has 0 unspecified atom stereocenters. The monoisotopic (exact) mass is 355 g/mol. The summed E-state index contributed by atoms with van der Waals surface area (Å²) in [5.41, 5.74) is 1.63. The van der Waals surface area contributed by atoms with Crippen LogP contribution in [-0.4, -0.2) is 11.9 Å². The fourth-order valence-corrected chi connectivity index (χ4v) is 4.34. The van der Waals surface area contributed by atoms with E-state index in [1.54, 1.807) is 0 Å². The summed E-state index contributed by atoms with van der Waals surface area (Å²) in [4.78, 5) is 12.4. The highest BCUT2D eigenvalue weighted by Crippen LogP contribution is 2.44. The first-order valence-corrected chi connectivity index (χ1v) is 9.34. The minimum absolute atomic E-state index is 0.0233. The third kappa shape index (κ3) is 3.67. The molecule has 0 saturated heterocycles. The molecule has 0 spiro atoms. The summed E-state index contributed by atoms with van der Waals surface area (Å²) in [5.74, 6) is 2.27. The van der Waals surface area contributed by atoms with Crippen LogP contribution in [0.4, 0.5) is 0 Å². The molecule has 2 aromatic carbocycles. The maximum atomic E-state index is 12.4. The second-order valence-corrected chi connectivity index (χ2v) is 7.57. The zero-order chi connectivity index (χ0) is 17.2. The molecule has 0 aromatic heterocycles. The van der Waals surface area contributed by atoms with Gasteiger partial charge in [0.1, 0.15) is 12.4 Å². The van der Waals surface area contributed by atoms with Gasteiger partial charge in [-0.25, -0.2) is 0 Å². The summed E-state index contributed by atoms with van der Waals surface area (Å²) in [7, 11) is 0. The molecule has 130 valence electrons. The third-order valence-electron chi connectivity index (χ3n) is 5.52. The van der Waals surface area contributed by atoms with E-state index in [9.17, 15) is 4.79 Å². The summed E-state index contributed by atoms with van der Waals surface area (Å²) in [6, 6.07) is 15.3. The molecule has 2 aromatic rings. The fraction of sp³-hybridized carbons (Fsp3) is 0.381. The number of hydrogen-bond donors (Lipinski definition) is 1. The van der Waals surface area contributed by atoms with E-state index in [-0.39, 0.29) is 5.91 Å². The molecule has 2 bridgehead atoms. The van der Waals surface area contributed by atoms with Crippen molar-refractivity contribution in [3.63, 3.8) is 0 Å². The van der Waals surface area contributed by atoms with Crippen LogP contribution in [0.2, 0.25) is 5.02 Å². The van der Waals surface area contributed by atoms with Crippen molar-refractivity contribution < 1.29 is 9.53 Å². The molecule has 2 aliphatic rings. The summed E-state index contributed by atoms with van der Waals surface area (Å²) in [6.07, 6.45) is 5.05. The number of benzene rings is 2. The van der Waals surface area contributed by atoms with Crippen molar-refractivity contribution in [3.05, 3.63) is 64.7 Å². The van der Waals surface area contributed by atoms with Crippen molar-refractivity contribution in [2.75, 3.05) is 0 Å². The Morgan fingerprint density at radius 1 is 1.08 bits per heavy atom. The Morgan fingerprint density at radius 2 is 1.88 bits per heavy atom. The summed E-state index contributed by atoms with van der Waals surface area (Å²) in [5, 5.41) is 3.91. The second-order valence-electron chi connectivity index (χ2n) is 7.16. The number of carbonyl (C=O) groups excluding carboxylic acids is 1. The maximum Gasteiger partial charge on any atom is 0.251 e. The lowest BCUT2D eigenvalue weighted by Gasteiger charge is -2.22. The minimum atomic E-state index is 0.0233. The zero-order valence-corrected chi connectivity index (χ0v) is 14.8. The van der Waals surface area contributed by atoms with Crippen LogP contribution in [0.3, 0.4) is 0 Å². The van der Waals surface area contributed by atoms with Gasteiger partial charge in [0.2, 0.25) is 0 Å². The Hall–Kier alpha value is -2.00. The van der Waals surface area contributed by atoms with Gasteiger partial charge >= 0.3 is 0 Å². The Bertz CT molecular complexity index is 759. The number of hydrogen-bond acceptors (Lipinski definition) is 2. The average molecular weight is 356 g/mol. The van der Waals surface area contributed by atoms with Crippen molar-refractivity contribution in [3.8, 4) is 5.75 Å². The Labute approximate surface area is 153 Å². The maximum absolute atomic E-state index is 12.4. The van der Waals surface area contributed by atoms with E-state index in [0.29, 0.717) is 29.2 Å². The highest BCUT2D eigenvalue weighted by molar-refractivity contribution is 6.31. The summed E-state index contributed by atoms with van der Waals surface area (Å²) in [6.45, 7) is 0.413. The van der Waals surface area contributed by atoms with Gasteiger partial charge in [0.15, 0.2) is 0 Å². The van der Waals surface area contributed by atoms with Gasteiger partial charge in [0.05, 0.1) is 0 Å². The highest BCUT2D eigenvalue weighted by atomic mass is 35.5. The second kappa shape index (κ2) is 7.09. The summed E-state index contributed by atoms with van der Waals surface area (Å²) >= 11 is 6.13. The molecule has 0 aliphatic heterocycles. The molecular formula is C21H22ClNO2. The van der Waals surface area contributed by atoms with Crippen LogP contribution >= 0.6 is 11.6 Å². The lowest BCUT2D eigenvalue weighted by atomic mass is 9.95. The topological polar surface area (TPSA) is 38.3 Å². The van der Waals surface area contributed by atoms with Crippen LogP contribution in [0.15, 0.2) is 48.5 Å². The van der Waals surface area contributed by atoms with Gasteiger partial charge in [-0.15, -0.1) is 0 Å². The standard InChI is InChI=1S/C21H22ClNO2/c22-19-4-2-1-3-17(19)13-25-18-9-7-15(8-10-18)21(24)23-20-12-14-5-6-16(20)11-14/h1-4,7-10,14,16,20H,5-6,11-13H2,(H,23,24)/t14-,16-,20+/m0/s1. The van der Waals surface area contributed by atoms with E-state index in [1.165, 1.54) is 19.3 Å².